The Hall–Kier alpha value is -14.3. The summed E-state index contributed by atoms with van der Waals surface area (Å²) < 4.78 is 9.96. The van der Waals surface area contributed by atoms with Gasteiger partial charge >= 0.3 is 5.97 Å². The van der Waals surface area contributed by atoms with Crippen molar-refractivity contribution in [2.45, 2.75) is 38.5 Å². The van der Waals surface area contributed by atoms with Crippen molar-refractivity contribution >= 4 is 89.8 Å². The van der Waals surface area contributed by atoms with Crippen LogP contribution in [0.4, 0.5) is 34.1 Å². The lowest BCUT2D eigenvalue weighted by molar-refractivity contribution is -0.128. The first kappa shape index (κ1) is 69.1. The number of carbonyl (C=O) groups excluding carboxylic acids is 1. The van der Waals surface area contributed by atoms with Crippen LogP contribution < -0.4 is 14.5 Å². The molecule has 540 valence electrons. The zero-order chi connectivity index (χ0) is 76.5. The Kier molecular flexibility index (Phi) is 17.3. The van der Waals surface area contributed by atoms with Crippen molar-refractivity contribution in [3.63, 3.8) is 0 Å². The van der Waals surface area contributed by atoms with Crippen molar-refractivity contribution in [1.82, 2.24) is 9.13 Å². The minimum atomic E-state index is -0.478. The maximum Gasteiger partial charge on any atom is 0.335 e. The number of ether oxygens (including phenoxy) is 1. The van der Waals surface area contributed by atoms with E-state index >= 15 is 0 Å². The van der Waals surface area contributed by atoms with Gasteiger partial charge in [-0.15, -0.1) is 0 Å². The lowest BCUT2D eigenvalue weighted by Crippen LogP contribution is -2.16. The Morgan fingerprint density at radius 2 is 0.628 bits per heavy atom. The molecule has 0 bridgehead atoms. The molecule has 2 aliphatic carbocycles. The molecule has 0 unspecified atom stereocenters. The Bertz CT molecular complexity index is 6710. The Balaban J connectivity index is 0.000000152. The van der Waals surface area contributed by atoms with Crippen LogP contribution in [0.3, 0.4) is 0 Å². The molecule has 0 N–H and O–H groups in total. The molecule has 6 heteroatoms. The third kappa shape index (κ3) is 12.3. The number of nitrogens with zero attached hydrogens (tertiary/aromatic N) is 4. The number of hydrogen-bond donors (Lipinski definition) is 0. The molecule has 0 amide bonds. The third-order valence-corrected chi connectivity index (χ3v) is 23.2. The molecule has 2 aromatic heterocycles. The fourth-order valence-electron chi connectivity index (χ4n) is 17.5. The van der Waals surface area contributed by atoms with Gasteiger partial charge in [-0.3, -0.25) is 0 Å². The van der Waals surface area contributed by atoms with Crippen LogP contribution in [0.5, 0.6) is 5.75 Å². The van der Waals surface area contributed by atoms with Crippen LogP contribution in [0.1, 0.15) is 55.5 Å². The molecular formula is C107H80N4O2. The molecule has 6 nitrogen and oxygen atoms in total. The van der Waals surface area contributed by atoms with E-state index in [4.69, 9.17) is 4.74 Å². The molecule has 0 radical (unpaired) electrons. The summed E-state index contributed by atoms with van der Waals surface area (Å²) in [5.41, 5.74) is 34.5. The number of carbonyl (C=O) groups is 1. The minimum absolute atomic E-state index is 0.0939. The molecule has 16 aromatic carbocycles. The van der Waals surface area contributed by atoms with Crippen molar-refractivity contribution in [3.05, 3.63) is 423 Å². The molecule has 18 aromatic rings. The molecule has 0 aliphatic heterocycles. The standard InChI is InChI=1S/C54H40N2O2.C53H40N2/c1-4-53(57)58-44-30-27-42(28-31-44)56-51-17-11-9-15-47(51)48-34-39(22-33-52(48)56)38-20-25-41(26-21-38)55(40-23-18-37(19-24-40)36-12-6-5-7-13-36)43-29-32-46-45-14-8-10-16-49(45)54(2,3)50(46)35-43;1-4-36-19-31-51-47(33-36)48-34-40(24-32-52(48)55(51)41-15-9-6-10-16-41)39-22-27-43(28-23-39)54(42-25-20-38(21-26-42)37-13-7-5-8-14-37)44-29-30-46-45-17-11-12-18-49(45)53(2,3)50(46)35-44/h4-35H,1H2,2-3H3;4-35H,1H2,2-3H3. The van der Waals surface area contributed by atoms with Crippen LogP contribution in [0.15, 0.2) is 395 Å². The van der Waals surface area contributed by atoms with E-state index in [1.807, 2.05) is 30.3 Å². The van der Waals surface area contributed by atoms with E-state index in [0.29, 0.717) is 5.75 Å². The van der Waals surface area contributed by atoms with Gasteiger partial charge in [-0.2, -0.15) is 0 Å². The molecule has 2 heterocycles. The zero-order valence-corrected chi connectivity index (χ0v) is 63.5. The van der Waals surface area contributed by atoms with Crippen LogP contribution in [0.25, 0.3) is 128 Å². The summed E-state index contributed by atoms with van der Waals surface area (Å²) >= 11 is 0. The first-order valence-corrected chi connectivity index (χ1v) is 38.7. The number of fused-ring (bicyclic) bond motifs is 12. The molecule has 0 fully saturated rings. The van der Waals surface area contributed by atoms with E-state index in [9.17, 15) is 4.79 Å². The maximum atomic E-state index is 11.8. The van der Waals surface area contributed by atoms with Gasteiger partial charge < -0.3 is 23.7 Å². The summed E-state index contributed by atoms with van der Waals surface area (Å²) in [5.74, 6) is 0.00230. The van der Waals surface area contributed by atoms with Crippen LogP contribution in [0, 0.1) is 0 Å². The monoisotopic (exact) mass is 1450 g/mol. The quantitative estimate of drug-likeness (QED) is 0.0583. The largest absolute Gasteiger partial charge is 0.423 e. The molecule has 113 heavy (non-hydrogen) atoms. The molecule has 20 rings (SSSR count). The Morgan fingerprint density at radius 3 is 1.08 bits per heavy atom. The van der Waals surface area contributed by atoms with Crippen LogP contribution in [0.2, 0.25) is 0 Å². The highest BCUT2D eigenvalue weighted by molar-refractivity contribution is 6.12. The number of benzene rings is 16. The summed E-state index contributed by atoms with van der Waals surface area (Å²) in [6.07, 6.45) is 3.09. The third-order valence-electron chi connectivity index (χ3n) is 23.2. The van der Waals surface area contributed by atoms with Gasteiger partial charge in [-0.05, 0) is 246 Å². The Labute approximate surface area is 659 Å². The zero-order valence-electron chi connectivity index (χ0n) is 63.5. The van der Waals surface area contributed by atoms with Gasteiger partial charge in [0.2, 0.25) is 0 Å². The fourth-order valence-corrected chi connectivity index (χ4v) is 17.5. The highest BCUT2D eigenvalue weighted by Crippen LogP contribution is 2.53. The van der Waals surface area contributed by atoms with Gasteiger partial charge in [0.1, 0.15) is 5.75 Å². The smallest absolute Gasteiger partial charge is 0.335 e. The average molecular weight is 1450 g/mol. The number of hydrogen-bond acceptors (Lipinski definition) is 4. The van der Waals surface area contributed by atoms with Gasteiger partial charge in [0.05, 0.1) is 22.1 Å². The second-order valence-electron chi connectivity index (χ2n) is 30.5. The predicted molar refractivity (Wildman–Crippen MR) is 474 cm³/mol. The second kappa shape index (κ2) is 28.3. The predicted octanol–water partition coefficient (Wildman–Crippen LogP) is 28.5. The average Bonchev–Trinajstić information content (AvgIpc) is 1.59. The topological polar surface area (TPSA) is 42.6 Å². The van der Waals surface area contributed by atoms with Gasteiger partial charge in [0.15, 0.2) is 0 Å². The number of esters is 1. The summed E-state index contributed by atoms with van der Waals surface area (Å²) in [5, 5.41) is 4.79. The first-order chi connectivity index (χ1) is 55.3. The van der Waals surface area contributed by atoms with Crippen LogP contribution in [-0.2, 0) is 15.6 Å². The summed E-state index contributed by atoms with van der Waals surface area (Å²) in [6, 6.07) is 136. The molecule has 0 saturated carbocycles. The Morgan fingerprint density at radius 1 is 0.292 bits per heavy atom. The molecule has 0 spiro atoms. The second-order valence-corrected chi connectivity index (χ2v) is 30.5. The summed E-state index contributed by atoms with van der Waals surface area (Å²) in [7, 11) is 0. The van der Waals surface area contributed by atoms with Crippen LogP contribution in [-0.4, -0.2) is 15.1 Å². The van der Waals surface area contributed by atoms with Crippen molar-refractivity contribution in [2.75, 3.05) is 9.80 Å². The van der Waals surface area contributed by atoms with E-state index < -0.39 is 5.97 Å². The lowest BCUT2D eigenvalue weighted by atomic mass is 9.82. The van der Waals surface area contributed by atoms with Crippen molar-refractivity contribution < 1.29 is 9.53 Å². The van der Waals surface area contributed by atoms with E-state index in [-0.39, 0.29) is 10.8 Å². The normalized spacial score (nSPS) is 12.7. The number of rotatable bonds is 15. The summed E-state index contributed by atoms with van der Waals surface area (Å²) in [4.78, 5) is 16.5. The molecule has 0 atom stereocenters. The SMILES string of the molecule is C=CC(=O)Oc1ccc(-n2c3ccccc3c3cc(-c4ccc(N(c5ccc(-c6ccccc6)cc5)c5ccc6c(c5)C(C)(C)c5ccccc5-6)cc4)ccc32)cc1.C=Cc1ccc2c(c1)c1cc(-c3ccc(N(c4ccc(-c5ccccc5)cc4)c4ccc5c(c4)C(C)(C)c4ccccc4-5)cc3)ccc1n2-c1ccccc1. The molecule has 0 saturated heterocycles. The molecular weight excluding hydrogens is 1370 g/mol. The van der Waals surface area contributed by atoms with E-state index in [1.54, 1.807) is 0 Å². The van der Waals surface area contributed by atoms with Crippen molar-refractivity contribution in [3.8, 4) is 83.9 Å². The van der Waals surface area contributed by atoms with E-state index in [1.165, 1.54) is 117 Å². The number of anilines is 6. The minimum Gasteiger partial charge on any atom is -0.423 e. The summed E-state index contributed by atoms with van der Waals surface area (Å²) in [6.45, 7) is 16.9. The van der Waals surface area contributed by atoms with Crippen molar-refractivity contribution in [2.24, 2.45) is 0 Å². The van der Waals surface area contributed by atoms with Gasteiger partial charge in [0, 0.05) is 83.9 Å². The molecule has 2 aliphatic rings. The highest BCUT2D eigenvalue weighted by Gasteiger charge is 2.37. The van der Waals surface area contributed by atoms with Gasteiger partial charge in [-0.1, -0.05) is 271 Å². The van der Waals surface area contributed by atoms with Gasteiger partial charge in [0.25, 0.3) is 0 Å². The van der Waals surface area contributed by atoms with Gasteiger partial charge in [-0.25, -0.2) is 4.79 Å². The number of aromatic nitrogens is 2. The van der Waals surface area contributed by atoms with Crippen molar-refractivity contribution in [1.29, 1.82) is 0 Å². The van der Waals surface area contributed by atoms with E-state index in [0.717, 1.165) is 73.2 Å². The van der Waals surface area contributed by atoms with E-state index in [2.05, 4.69) is 412 Å². The number of para-hydroxylation sites is 2. The first-order valence-electron chi connectivity index (χ1n) is 38.7. The fraction of sp³-hybridized carbons (Fsp3) is 0.0561. The maximum absolute atomic E-state index is 11.8. The highest BCUT2D eigenvalue weighted by atomic mass is 16.5. The van der Waals surface area contributed by atoms with Crippen LogP contribution >= 0.6 is 0 Å². The lowest BCUT2D eigenvalue weighted by Gasteiger charge is -2.28.